The van der Waals surface area contributed by atoms with E-state index in [1.54, 1.807) is 0 Å². The van der Waals surface area contributed by atoms with Gasteiger partial charge in [0.05, 0.1) is 0 Å². The largest absolute Gasteiger partial charge is 0.340 e. The van der Waals surface area contributed by atoms with Gasteiger partial charge < -0.3 is 10.2 Å². The number of hydrogen-bond acceptors (Lipinski definition) is 3. The standard InChI is InChI=1S/C12H23N3O/c1-13-6-2-5-12(16)15-9-8-14-7-3-4-11(14)10-15/h11,13H,2-10H2,1H3. The molecule has 2 rings (SSSR count). The molecule has 0 spiro atoms. The summed E-state index contributed by atoms with van der Waals surface area (Å²) in [7, 11) is 1.93. The number of amides is 1. The van der Waals surface area contributed by atoms with Crippen molar-refractivity contribution in [3.8, 4) is 0 Å². The quantitative estimate of drug-likeness (QED) is 0.699. The van der Waals surface area contributed by atoms with Crippen molar-refractivity contribution in [3.63, 3.8) is 0 Å². The van der Waals surface area contributed by atoms with Gasteiger partial charge in [0.25, 0.3) is 0 Å². The fraction of sp³-hybridized carbons (Fsp3) is 0.917. The van der Waals surface area contributed by atoms with Gasteiger partial charge in [-0.05, 0) is 39.4 Å². The zero-order valence-corrected chi connectivity index (χ0v) is 10.2. The van der Waals surface area contributed by atoms with Crippen LogP contribution in [-0.4, -0.2) is 61.5 Å². The van der Waals surface area contributed by atoms with Crippen molar-refractivity contribution in [3.05, 3.63) is 0 Å². The second kappa shape index (κ2) is 5.64. The molecule has 2 fully saturated rings. The van der Waals surface area contributed by atoms with Crippen LogP contribution in [0.1, 0.15) is 25.7 Å². The number of rotatable bonds is 4. The molecule has 2 saturated heterocycles. The van der Waals surface area contributed by atoms with Crippen LogP contribution < -0.4 is 5.32 Å². The van der Waals surface area contributed by atoms with Crippen LogP contribution in [-0.2, 0) is 4.79 Å². The lowest BCUT2D eigenvalue weighted by Crippen LogP contribution is -2.52. The molecule has 0 aromatic carbocycles. The number of carbonyl (C=O) groups excluding carboxylic acids is 1. The molecule has 0 saturated carbocycles. The van der Waals surface area contributed by atoms with Gasteiger partial charge in [-0.1, -0.05) is 0 Å². The van der Waals surface area contributed by atoms with E-state index in [4.69, 9.17) is 0 Å². The monoisotopic (exact) mass is 225 g/mol. The maximum absolute atomic E-state index is 11.9. The highest BCUT2D eigenvalue weighted by molar-refractivity contribution is 5.76. The van der Waals surface area contributed by atoms with Crippen LogP contribution in [0.25, 0.3) is 0 Å². The third-order valence-corrected chi connectivity index (χ3v) is 3.76. The number of nitrogens with zero attached hydrogens (tertiary/aromatic N) is 2. The Hall–Kier alpha value is -0.610. The second-order valence-electron chi connectivity index (χ2n) is 4.88. The average molecular weight is 225 g/mol. The predicted octanol–water partition coefficient (Wildman–Crippen LogP) is 0.293. The Balaban J connectivity index is 1.75. The molecule has 2 heterocycles. The van der Waals surface area contributed by atoms with E-state index < -0.39 is 0 Å². The molecule has 1 atom stereocenters. The predicted molar refractivity (Wildman–Crippen MR) is 64.3 cm³/mol. The number of carbonyl (C=O) groups is 1. The van der Waals surface area contributed by atoms with E-state index in [1.165, 1.54) is 19.4 Å². The molecule has 2 aliphatic rings. The van der Waals surface area contributed by atoms with Crippen LogP contribution in [0.4, 0.5) is 0 Å². The summed E-state index contributed by atoms with van der Waals surface area (Å²) in [5.41, 5.74) is 0. The van der Waals surface area contributed by atoms with Crippen LogP contribution in [0, 0.1) is 0 Å². The van der Waals surface area contributed by atoms with E-state index >= 15 is 0 Å². The molecule has 0 radical (unpaired) electrons. The molecule has 0 bridgehead atoms. The lowest BCUT2D eigenvalue weighted by atomic mass is 10.1. The Labute approximate surface area is 98.0 Å². The number of hydrogen-bond donors (Lipinski definition) is 1. The zero-order valence-electron chi connectivity index (χ0n) is 10.2. The SMILES string of the molecule is CNCCCC(=O)N1CCN2CCCC2C1. The van der Waals surface area contributed by atoms with E-state index in [2.05, 4.69) is 15.1 Å². The van der Waals surface area contributed by atoms with Crippen LogP contribution in [0.3, 0.4) is 0 Å². The third-order valence-electron chi connectivity index (χ3n) is 3.76. The first-order valence-electron chi connectivity index (χ1n) is 6.47. The van der Waals surface area contributed by atoms with Crippen molar-refractivity contribution in [1.82, 2.24) is 15.1 Å². The first-order chi connectivity index (χ1) is 7.81. The molecule has 2 aliphatic heterocycles. The molecule has 1 N–H and O–H groups in total. The highest BCUT2D eigenvalue weighted by atomic mass is 16.2. The summed E-state index contributed by atoms with van der Waals surface area (Å²) >= 11 is 0. The number of nitrogens with one attached hydrogen (secondary N) is 1. The van der Waals surface area contributed by atoms with E-state index in [9.17, 15) is 4.79 Å². The van der Waals surface area contributed by atoms with Gasteiger partial charge in [-0.15, -0.1) is 0 Å². The molecular formula is C12H23N3O. The van der Waals surface area contributed by atoms with Crippen LogP contribution in [0.15, 0.2) is 0 Å². The summed E-state index contributed by atoms with van der Waals surface area (Å²) in [4.78, 5) is 16.6. The fourth-order valence-corrected chi connectivity index (χ4v) is 2.79. The first-order valence-corrected chi connectivity index (χ1v) is 6.47. The molecule has 1 unspecified atom stereocenters. The summed E-state index contributed by atoms with van der Waals surface area (Å²) in [6.45, 7) is 5.18. The number of fused-ring (bicyclic) bond motifs is 1. The van der Waals surface area contributed by atoms with Gasteiger partial charge in [0.1, 0.15) is 0 Å². The Morgan fingerprint density at radius 2 is 2.25 bits per heavy atom. The van der Waals surface area contributed by atoms with E-state index in [0.29, 0.717) is 18.4 Å². The Morgan fingerprint density at radius 3 is 3.06 bits per heavy atom. The summed E-state index contributed by atoms with van der Waals surface area (Å²) in [6.07, 6.45) is 4.25. The summed E-state index contributed by atoms with van der Waals surface area (Å²) in [6, 6.07) is 0.655. The van der Waals surface area contributed by atoms with E-state index in [-0.39, 0.29) is 0 Å². The van der Waals surface area contributed by atoms with E-state index in [1.807, 2.05) is 7.05 Å². The lowest BCUT2D eigenvalue weighted by molar-refractivity contribution is -0.133. The van der Waals surface area contributed by atoms with Crippen molar-refractivity contribution < 1.29 is 4.79 Å². The Morgan fingerprint density at radius 1 is 1.38 bits per heavy atom. The van der Waals surface area contributed by atoms with Crippen molar-refractivity contribution in [2.45, 2.75) is 31.7 Å². The first kappa shape index (κ1) is 11.9. The fourth-order valence-electron chi connectivity index (χ4n) is 2.79. The zero-order chi connectivity index (χ0) is 11.4. The molecule has 4 nitrogen and oxygen atoms in total. The van der Waals surface area contributed by atoms with Gasteiger partial charge in [-0.3, -0.25) is 9.69 Å². The lowest BCUT2D eigenvalue weighted by Gasteiger charge is -2.37. The highest BCUT2D eigenvalue weighted by Gasteiger charge is 2.31. The maximum atomic E-state index is 11.9. The average Bonchev–Trinajstić information content (AvgIpc) is 2.76. The summed E-state index contributed by atoms with van der Waals surface area (Å²) in [5.74, 6) is 0.349. The highest BCUT2D eigenvalue weighted by Crippen LogP contribution is 2.21. The Kier molecular flexibility index (Phi) is 4.18. The molecule has 16 heavy (non-hydrogen) atoms. The molecule has 4 heteroatoms. The number of piperazine rings is 1. The van der Waals surface area contributed by atoms with Crippen LogP contribution >= 0.6 is 0 Å². The molecule has 1 amide bonds. The van der Waals surface area contributed by atoms with Gasteiger partial charge in [0.2, 0.25) is 5.91 Å². The van der Waals surface area contributed by atoms with Gasteiger partial charge in [-0.25, -0.2) is 0 Å². The molecule has 0 aliphatic carbocycles. The third kappa shape index (κ3) is 2.74. The van der Waals surface area contributed by atoms with Crippen LogP contribution in [0.2, 0.25) is 0 Å². The summed E-state index contributed by atoms with van der Waals surface area (Å²) < 4.78 is 0. The van der Waals surface area contributed by atoms with Gasteiger partial charge in [0.15, 0.2) is 0 Å². The van der Waals surface area contributed by atoms with Crippen molar-refractivity contribution in [2.24, 2.45) is 0 Å². The molecule has 0 aromatic heterocycles. The molecular weight excluding hydrogens is 202 g/mol. The Bertz CT molecular complexity index is 244. The second-order valence-corrected chi connectivity index (χ2v) is 4.88. The molecule has 0 aromatic rings. The summed E-state index contributed by atoms with van der Waals surface area (Å²) in [5, 5.41) is 3.08. The van der Waals surface area contributed by atoms with Crippen LogP contribution in [0.5, 0.6) is 0 Å². The van der Waals surface area contributed by atoms with Gasteiger partial charge in [0, 0.05) is 32.1 Å². The maximum Gasteiger partial charge on any atom is 0.222 e. The normalized spacial score (nSPS) is 25.8. The minimum Gasteiger partial charge on any atom is -0.340 e. The minimum absolute atomic E-state index is 0.349. The van der Waals surface area contributed by atoms with Crippen molar-refractivity contribution in [1.29, 1.82) is 0 Å². The topological polar surface area (TPSA) is 35.6 Å². The van der Waals surface area contributed by atoms with Gasteiger partial charge in [-0.2, -0.15) is 0 Å². The van der Waals surface area contributed by atoms with Gasteiger partial charge >= 0.3 is 0 Å². The molecule has 92 valence electrons. The minimum atomic E-state index is 0.349. The van der Waals surface area contributed by atoms with E-state index in [0.717, 1.165) is 32.6 Å². The van der Waals surface area contributed by atoms with Crippen molar-refractivity contribution >= 4 is 5.91 Å². The van der Waals surface area contributed by atoms with Crippen molar-refractivity contribution in [2.75, 3.05) is 39.8 Å². The smallest absolute Gasteiger partial charge is 0.222 e.